The van der Waals surface area contributed by atoms with E-state index < -0.39 is 0 Å². The molecule has 0 saturated heterocycles. The molecule has 1 aromatic heterocycles. The highest BCUT2D eigenvalue weighted by molar-refractivity contribution is 5.94. The van der Waals surface area contributed by atoms with Crippen molar-refractivity contribution in [2.45, 2.75) is 39.2 Å². The van der Waals surface area contributed by atoms with E-state index in [1.165, 1.54) is 5.56 Å². The van der Waals surface area contributed by atoms with Crippen molar-refractivity contribution in [2.24, 2.45) is 0 Å². The summed E-state index contributed by atoms with van der Waals surface area (Å²) in [6.45, 7) is 4.89. The van der Waals surface area contributed by atoms with Crippen molar-refractivity contribution >= 4 is 11.6 Å². The number of hydrogen-bond donors (Lipinski definition) is 2. The lowest BCUT2D eigenvalue weighted by molar-refractivity contribution is 0.0953. The van der Waals surface area contributed by atoms with E-state index in [0.29, 0.717) is 18.2 Å². The summed E-state index contributed by atoms with van der Waals surface area (Å²) in [6, 6.07) is 12.5. The van der Waals surface area contributed by atoms with E-state index in [-0.39, 0.29) is 5.91 Å². The predicted octanol–water partition coefficient (Wildman–Crippen LogP) is 3.65. The van der Waals surface area contributed by atoms with Crippen LogP contribution < -0.4 is 10.6 Å². The first kappa shape index (κ1) is 17.0. The van der Waals surface area contributed by atoms with Crippen LogP contribution in [0.5, 0.6) is 0 Å². The van der Waals surface area contributed by atoms with Crippen LogP contribution in [0.2, 0.25) is 0 Å². The second-order valence-electron chi connectivity index (χ2n) is 5.76. The normalized spacial score (nSPS) is 11.7. The average molecular weight is 311 g/mol. The SMILES string of the molecule is CCC(C)Nc1cncc(C(=O)NCCCc2ccccc2)c1. The summed E-state index contributed by atoms with van der Waals surface area (Å²) < 4.78 is 0. The van der Waals surface area contributed by atoms with Crippen molar-refractivity contribution < 1.29 is 4.79 Å². The maximum Gasteiger partial charge on any atom is 0.252 e. The molecule has 2 aromatic rings. The van der Waals surface area contributed by atoms with Crippen LogP contribution in [0.4, 0.5) is 5.69 Å². The summed E-state index contributed by atoms with van der Waals surface area (Å²) in [4.78, 5) is 16.3. The van der Waals surface area contributed by atoms with Crippen LogP contribution in [0.15, 0.2) is 48.8 Å². The van der Waals surface area contributed by atoms with Gasteiger partial charge in [-0.2, -0.15) is 0 Å². The van der Waals surface area contributed by atoms with Gasteiger partial charge in [0.25, 0.3) is 5.91 Å². The first-order chi connectivity index (χ1) is 11.2. The van der Waals surface area contributed by atoms with Crippen molar-refractivity contribution in [3.05, 3.63) is 59.9 Å². The predicted molar refractivity (Wildman–Crippen MR) is 94.7 cm³/mol. The molecule has 0 radical (unpaired) electrons. The van der Waals surface area contributed by atoms with Gasteiger partial charge in [0.15, 0.2) is 0 Å². The fraction of sp³-hybridized carbons (Fsp3) is 0.368. The maximum absolute atomic E-state index is 12.2. The molecule has 0 saturated carbocycles. The topological polar surface area (TPSA) is 54.0 Å². The second-order valence-corrected chi connectivity index (χ2v) is 5.76. The summed E-state index contributed by atoms with van der Waals surface area (Å²) in [7, 11) is 0. The van der Waals surface area contributed by atoms with Gasteiger partial charge in [-0.3, -0.25) is 9.78 Å². The molecule has 0 aliphatic rings. The molecule has 1 atom stereocenters. The fourth-order valence-corrected chi connectivity index (χ4v) is 2.27. The molecule has 2 N–H and O–H groups in total. The molecule has 0 aliphatic heterocycles. The molecule has 4 nitrogen and oxygen atoms in total. The molecule has 0 aliphatic carbocycles. The Balaban J connectivity index is 1.80. The number of nitrogens with one attached hydrogen (secondary N) is 2. The molecule has 1 heterocycles. The second kappa shape index (κ2) is 8.93. The van der Waals surface area contributed by atoms with Gasteiger partial charge >= 0.3 is 0 Å². The Morgan fingerprint density at radius 1 is 1.22 bits per heavy atom. The van der Waals surface area contributed by atoms with E-state index >= 15 is 0 Å². The van der Waals surface area contributed by atoms with Crippen molar-refractivity contribution in [3.8, 4) is 0 Å². The number of anilines is 1. The fourth-order valence-electron chi connectivity index (χ4n) is 2.27. The molecular formula is C19H25N3O. The molecule has 4 heteroatoms. The van der Waals surface area contributed by atoms with Crippen LogP contribution in [-0.2, 0) is 6.42 Å². The van der Waals surface area contributed by atoms with E-state index in [4.69, 9.17) is 0 Å². The minimum Gasteiger partial charge on any atom is -0.381 e. The summed E-state index contributed by atoms with van der Waals surface area (Å²) in [5.74, 6) is -0.0710. The summed E-state index contributed by atoms with van der Waals surface area (Å²) in [5.41, 5.74) is 2.78. The standard InChI is InChI=1S/C19H25N3O/c1-3-15(2)22-18-12-17(13-20-14-18)19(23)21-11-7-10-16-8-5-4-6-9-16/h4-6,8-9,12-15,22H,3,7,10-11H2,1-2H3,(H,21,23). The van der Waals surface area contributed by atoms with E-state index in [1.54, 1.807) is 12.4 Å². The first-order valence-corrected chi connectivity index (χ1v) is 8.22. The average Bonchev–Trinajstić information content (AvgIpc) is 2.59. The summed E-state index contributed by atoms with van der Waals surface area (Å²) >= 11 is 0. The van der Waals surface area contributed by atoms with Gasteiger partial charge in [0, 0.05) is 25.0 Å². The zero-order valence-electron chi connectivity index (χ0n) is 13.9. The number of amides is 1. The summed E-state index contributed by atoms with van der Waals surface area (Å²) in [6.07, 6.45) is 6.27. The number of pyridine rings is 1. The number of rotatable bonds is 8. The lowest BCUT2D eigenvalue weighted by Crippen LogP contribution is -2.25. The largest absolute Gasteiger partial charge is 0.381 e. The van der Waals surface area contributed by atoms with Crippen LogP contribution in [0.3, 0.4) is 0 Å². The zero-order chi connectivity index (χ0) is 16.5. The molecule has 2 rings (SSSR count). The monoisotopic (exact) mass is 311 g/mol. The molecule has 1 unspecified atom stereocenters. The number of hydrogen-bond acceptors (Lipinski definition) is 3. The van der Waals surface area contributed by atoms with Crippen molar-refractivity contribution in [2.75, 3.05) is 11.9 Å². The van der Waals surface area contributed by atoms with E-state index in [9.17, 15) is 4.79 Å². The lowest BCUT2D eigenvalue weighted by Gasteiger charge is -2.13. The first-order valence-electron chi connectivity index (χ1n) is 8.22. The van der Waals surface area contributed by atoms with Gasteiger partial charge in [-0.1, -0.05) is 37.3 Å². The highest BCUT2D eigenvalue weighted by atomic mass is 16.1. The molecule has 0 spiro atoms. The van der Waals surface area contributed by atoms with Crippen LogP contribution in [0.25, 0.3) is 0 Å². The molecule has 1 amide bonds. The Kier molecular flexibility index (Phi) is 6.60. The van der Waals surface area contributed by atoms with Gasteiger partial charge in [-0.25, -0.2) is 0 Å². The molecule has 0 fully saturated rings. The van der Waals surface area contributed by atoms with Gasteiger partial charge in [0.1, 0.15) is 0 Å². The smallest absolute Gasteiger partial charge is 0.252 e. The Morgan fingerprint density at radius 3 is 2.74 bits per heavy atom. The van der Waals surface area contributed by atoms with Gasteiger partial charge in [0.05, 0.1) is 11.3 Å². The number of aryl methyl sites for hydroxylation is 1. The van der Waals surface area contributed by atoms with E-state index in [0.717, 1.165) is 24.9 Å². The van der Waals surface area contributed by atoms with Gasteiger partial charge < -0.3 is 10.6 Å². The number of aromatic nitrogens is 1. The Labute approximate surface area is 138 Å². The van der Waals surface area contributed by atoms with Gasteiger partial charge in [-0.15, -0.1) is 0 Å². The molecule has 0 bridgehead atoms. The Bertz CT molecular complexity index is 613. The van der Waals surface area contributed by atoms with Crippen LogP contribution in [0, 0.1) is 0 Å². The molecule has 1 aromatic carbocycles. The molecule has 122 valence electrons. The minimum absolute atomic E-state index is 0.0710. The van der Waals surface area contributed by atoms with E-state index in [1.807, 2.05) is 24.3 Å². The van der Waals surface area contributed by atoms with Gasteiger partial charge in [-0.05, 0) is 37.8 Å². The highest BCUT2D eigenvalue weighted by Crippen LogP contribution is 2.11. The Morgan fingerprint density at radius 2 is 2.00 bits per heavy atom. The minimum atomic E-state index is -0.0710. The number of nitrogens with zero attached hydrogens (tertiary/aromatic N) is 1. The third-order valence-corrected chi connectivity index (χ3v) is 3.80. The lowest BCUT2D eigenvalue weighted by atomic mass is 10.1. The third-order valence-electron chi connectivity index (χ3n) is 3.80. The van der Waals surface area contributed by atoms with Crippen LogP contribution in [0.1, 0.15) is 42.6 Å². The Hall–Kier alpha value is -2.36. The summed E-state index contributed by atoms with van der Waals surface area (Å²) in [5, 5.41) is 6.29. The number of carbonyl (C=O) groups excluding carboxylic acids is 1. The molecular weight excluding hydrogens is 286 g/mol. The quantitative estimate of drug-likeness (QED) is 0.732. The maximum atomic E-state index is 12.2. The van der Waals surface area contributed by atoms with Crippen molar-refractivity contribution in [1.29, 1.82) is 0 Å². The van der Waals surface area contributed by atoms with Crippen LogP contribution >= 0.6 is 0 Å². The molecule has 23 heavy (non-hydrogen) atoms. The van der Waals surface area contributed by atoms with E-state index in [2.05, 4.69) is 41.6 Å². The van der Waals surface area contributed by atoms with Crippen molar-refractivity contribution in [3.63, 3.8) is 0 Å². The van der Waals surface area contributed by atoms with Gasteiger partial charge in [0.2, 0.25) is 0 Å². The van der Waals surface area contributed by atoms with Crippen molar-refractivity contribution in [1.82, 2.24) is 10.3 Å². The van der Waals surface area contributed by atoms with Crippen LogP contribution in [-0.4, -0.2) is 23.5 Å². The number of carbonyl (C=O) groups is 1. The third kappa shape index (κ3) is 5.74. The number of benzene rings is 1. The zero-order valence-corrected chi connectivity index (χ0v) is 13.9. The highest BCUT2D eigenvalue weighted by Gasteiger charge is 2.07.